The number of allylic oxidation sites excluding steroid dienone is 5. The topological polar surface area (TPSA) is 15.8 Å². The van der Waals surface area contributed by atoms with Crippen molar-refractivity contribution >= 4 is 5.57 Å². The molecule has 0 bridgehead atoms. The summed E-state index contributed by atoms with van der Waals surface area (Å²) in [6.07, 6.45) is -1.60. The molecule has 0 aliphatic heterocycles. The molecule has 1 atom stereocenters. The first-order chi connectivity index (χ1) is 10.2. The lowest BCUT2D eigenvalue weighted by atomic mass is 9.82. The average Bonchev–Trinajstić information content (AvgIpc) is 2.87. The summed E-state index contributed by atoms with van der Waals surface area (Å²) in [5.41, 5.74) is -1.77. The molecule has 1 aliphatic rings. The quantitative estimate of drug-likeness (QED) is 0.556. The van der Waals surface area contributed by atoms with Gasteiger partial charge in [-0.05, 0) is 18.6 Å². The van der Waals surface area contributed by atoms with Gasteiger partial charge in [0.15, 0.2) is 0 Å². The number of alkyl halides is 5. The Kier molecular flexibility index (Phi) is 4.26. The monoisotopic (exact) mass is 321 g/mol. The van der Waals surface area contributed by atoms with Gasteiger partial charge in [-0.2, -0.15) is 13.2 Å². The first kappa shape index (κ1) is 16.5. The first-order valence-electron chi connectivity index (χ1n) is 6.47. The second kappa shape index (κ2) is 5.70. The maximum absolute atomic E-state index is 14.1. The number of rotatable bonds is 4. The largest absolute Gasteiger partial charge is 0.417 e. The van der Waals surface area contributed by atoms with Crippen molar-refractivity contribution < 1.29 is 26.3 Å². The van der Waals surface area contributed by atoms with E-state index in [0.717, 1.165) is 12.2 Å². The van der Waals surface area contributed by atoms with Crippen LogP contribution in [0.3, 0.4) is 0 Å². The van der Waals surface area contributed by atoms with Crippen LogP contribution in [-0.2, 0) is 6.18 Å². The van der Waals surface area contributed by atoms with E-state index >= 15 is 0 Å². The summed E-state index contributed by atoms with van der Waals surface area (Å²) in [6.45, 7) is 3.23. The van der Waals surface area contributed by atoms with Crippen molar-refractivity contribution in [1.29, 1.82) is 0 Å². The molecule has 7 heteroatoms. The lowest BCUT2D eigenvalue weighted by molar-refractivity contribution is -0.137. The number of hydrogen-bond acceptors (Lipinski definition) is 0. The van der Waals surface area contributed by atoms with Crippen LogP contribution in [0.25, 0.3) is 5.57 Å². The van der Waals surface area contributed by atoms with Gasteiger partial charge in [-0.25, -0.2) is 13.2 Å². The summed E-state index contributed by atoms with van der Waals surface area (Å²) in [5, 5.41) is 0. The van der Waals surface area contributed by atoms with E-state index in [4.69, 9.17) is 0 Å². The first-order valence-corrected chi connectivity index (χ1v) is 6.47. The zero-order valence-corrected chi connectivity index (χ0v) is 11.4. The van der Waals surface area contributed by atoms with Crippen molar-refractivity contribution in [2.75, 3.05) is 0 Å². The summed E-state index contributed by atoms with van der Waals surface area (Å²) in [7, 11) is 0. The molecule has 1 nitrogen and oxygen atoms in total. The molecule has 0 spiro atoms. The number of aromatic amines is 1. The molecule has 1 heterocycles. The normalized spacial score (nSPS) is 19.6. The Bertz CT molecular complexity index is 620. The highest BCUT2D eigenvalue weighted by Crippen LogP contribution is 2.45. The van der Waals surface area contributed by atoms with E-state index in [1.165, 1.54) is 6.08 Å². The van der Waals surface area contributed by atoms with Gasteiger partial charge in [-0.1, -0.05) is 12.2 Å². The molecule has 0 radical (unpaired) electrons. The van der Waals surface area contributed by atoms with Crippen LogP contribution in [-0.4, -0.2) is 10.9 Å². The van der Waals surface area contributed by atoms with Gasteiger partial charge in [0.25, 0.3) is 5.92 Å². The molecule has 0 fully saturated rings. The van der Waals surface area contributed by atoms with Crippen molar-refractivity contribution in [1.82, 2.24) is 4.98 Å². The average molecular weight is 321 g/mol. The Morgan fingerprint density at radius 2 is 1.95 bits per heavy atom. The predicted octanol–water partition coefficient (Wildman–Crippen LogP) is 5.50. The molecule has 22 heavy (non-hydrogen) atoms. The zero-order chi connectivity index (χ0) is 16.5. The van der Waals surface area contributed by atoms with E-state index in [9.17, 15) is 26.3 Å². The van der Waals surface area contributed by atoms with Gasteiger partial charge >= 0.3 is 6.18 Å². The number of hydrogen-bond donors (Lipinski definition) is 1. The van der Waals surface area contributed by atoms with Crippen molar-refractivity contribution in [3.8, 4) is 0 Å². The molecule has 0 amide bonds. The van der Waals surface area contributed by atoms with Gasteiger partial charge in [-0.15, -0.1) is 6.58 Å². The molecule has 120 valence electrons. The van der Waals surface area contributed by atoms with Crippen molar-refractivity contribution in [3.63, 3.8) is 0 Å². The van der Waals surface area contributed by atoms with Gasteiger partial charge in [0.05, 0.1) is 11.5 Å². The molecular formula is C15H13F6N. The van der Waals surface area contributed by atoms with E-state index < -0.39 is 41.4 Å². The van der Waals surface area contributed by atoms with E-state index in [0.29, 0.717) is 12.3 Å². The number of halogens is 6. The molecule has 0 saturated carbocycles. The Balaban J connectivity index is 2.46. The summed E-state index contributed by atoms with van der Waals surface area (Å²) in [5.74, 6) is -5.81. The molecule has 1 unspecified atom stereocenters. The van der Waals surface area contributed by atoms with Crippen LogP contribution >= 0.6 is 0 Å². The third kappa shape index (κ3) is 3.13. The van der Waals surface area contributed by atoms with E-state index in [1.54, 1.807) is 0 Å². The number of H-pyrrole nitrogens is 1. The highest BCUT2D eigenvalue weighted by molar-refractivity contribution is 5.71. The number of nitrogens with one attached hydrogen (secondary N) is 1. The smallest absolute Gasteiger partial charge is 0.361 e. The molecule has 1 aromatic rings. The maximum Gasteiger partial charge on any atom is 0.417 e. The van der Waals surface area contributed by atoms with Crippen LogP contribution < -0.4 is 0 Å². The summed E-state index contributed by atoms with van der Waals surface area (Å²) < 4.78 is 80.1. The number of aromatic nitrogens is 1. The van der Waals surface area contributed by atoms with Crippen LogP contribution in [0.5, 0.6) is 0 Å². The summed E-state index contributed by atoms with van der Waals surface area (Å²) in [6, 6.07) is 0.644. The fraction of sp³-hybridized carbons (Fsp3) is 0.333. The molecule has 1 aromatic heterocycles. The van der Waals surface area contributed by atoms with Crippen LogP contribution in [0.4, 0.5) is 26.3 Å². The minimum atomic E-state index is -4.63. The lowest BCUT2D eigenvalue weighted by Crippen LogP contribution is -2.30. The Morgan fingerprint density at radius 3 is 2.50 bits per heavy atom. The van der Waals surface area contributed by atoms with Crippen molar-refractivity contribution in [2.24, 2.45) is 5.92 Å². The maximum atomic E-state index is 14.1. The standard InChI is InChI=1S/C15H13F6N/c1-2-6-14(17,18)10-4-3-5-11(16)13(10)12-7-9(8-22-12)15(19,20)21/h2-3,5,7-8,10,22H,1,4,6H2. The van der Waals surface area contributed by atoms with Crippen LogP contribution in [0.15, 0.2) is 42.9 Å². The van der Waals surface area contributed by atoms with Crippen LogP contribution in [0.1, 0.15) is 24.1 Å². The predicted molar refractivity (Wildman–Crippen MR) is 70.8 cm³/mol. The highest BCUT2D eigenvalue weighted by atomic mass is 19.4. The van der Waals surface area contributed by atoms with Crippen molar-refractivity contribution in [2.45, 2.75) is 24.9 Å². The molecule has 0 saturated heterocycles. The molecular weight excluding hydrogens is 308 g/mol. The Morgan fingerprint density at radius 1 is 1.27 bits per heavy atom. The van der Waals surface area contributed by atoms with Crippen LogP contribution in [0, 0.1) is 5.92 Å². The third-order valence-electron chi connectivity index (χ3n) is 3.47. The third-order valence-corrected chi connectivity index (χ3v) is 3.47. The minimum absolute atomic E-state index is 0.163. The van der Waals surface area contributed by atoms with Crippen molar-refractivity contribution in [3.05, 3.63) is 54.2 Å². The second-order valence-electron chi connectivity index (χ2n) is 5.01. The molecule has 1 aliphatic carbocycles. The van der Waals surface area contributed by atoms with Gasteiger partial charge in [-0.3, -0.25) is 0 Å². The minimum Gasteiger partial charge on any atom is -0.361 e. The zero-order valence-electron chi connectivity index (χ0n) is 11.4. The Hall–Kier alpha value is -1.92. The fourth-order valence-corrected chi connectivity index (χ4v) is 2.43. The van der Waals surface area contributed by atoms with E-state index in [2.05, 4.69) is 11.6 Å². The van der Waals surface area contributed by atoms with Gasteiger partial charge in [0, 0.05) is 23.9 Å². The Labute approximate surface area is 123 Å². The van der Waals surface area contributed by atoms with Gasteiger partial charge < -0.3 is 4.98 Å². The SMILES string of the molecule is C=CCC(F)(F)C1CC=CC(F)=C1c1cc(C(F)(F)F)c[nH]1. The molecule has 2 rings (SSSR count). The van der Waals surface area contributed by atoms with Gasteiger partial charge in [0.1, 0.15) is 5.83 Å². The van der Waals surface area contributed by atoms with Gasteiger partial charge in [0.2, 0.25) is 0 Å². The fourth-order valence-electron chi connectivity index (χ4n) is 2.43. The molecule has 0 aromatic carbocycles. The second-order valence-corrected chi connectivity index (χ2v) is 5.01. The van der Waals surface area contributed by atoms with E-state index in [1.807, 2.05) is 0 Å². The molecule has 1 N–H and O–H groups in total. The summed E-state index contributed by atoms with van der Waals surface area (Å²) >= 11 is 0. The lowest BCUT2D eigenvalue weighted by Gasteiger charge is -2.29. The van der Waals surface area contributed by atoms with E-state index in [-0.39, 0.29) is 12.1 Å². The summed E-state index contributed by atoms with van der Waals surface area (Å²) in [4.78, 5) is 2.25. The highest BCUT2D eigenvalue weighted by Gasteiger charge is 2.43. The van der Waals surface area contributed by atoms with Crippen LogP contribution in [0.2, 0.25) is 0 Å².